The Balaban J connectivity index is 2.37. The molecule has 1 rings (SSSR count). The standard InChI is InChI=1S/C12H23N3OS/c1-9-4-6-15(7-5-9)11(16)14-8-12(2,3)10(13)17/h9H,4-8H2,1-3H3,(H2,13,17)(H,14,16). The number of likely N-dealkylation sites (tertiary alicyclic amines) is 1. The summed E-state index contributed by atoms with van der Waals surface area (Å²) in [6.45, 7) is 8.29. The summed E-state index contributed by atoms with van der Waals surface area (Å²) in [7, 11) is 0. The Morgan fingerprint density at radius 3 is 2.47 bits per heavy atom. The molecule has 0 radical (unpaired) electrons. The molecule has 5 heteroatoms. The molecule has 0 unspecified atom stereocenters. The van der Waals surface area contributed by atoms with E-state index < -0.39 is 0 Å². The minimum Gasteiger partial charge on any atom is -0.393 e. The number of thiocarbonyl (C=S) groups is 1. The van der Waals surface area contributed by atoms with Gasteiger partial charge in [0.1, 0.15) is 0 Å². The maximum Gasteiger partial charge on any atom is 0.317 e. The van der Waals surface area contributed by atoms with Crippen LogP contribution in [0.3, 0.4) is 0 Å². The Labute approximate surface area is 109 Å². The first-order valence-electron chi connectivity index (χ1n) is 6.15. The zero-order valence-electron chi connectivity index (χ0n) is 11.0. The van der Waals surface area contributed by atoms with Crippen LogP contribution in [-0.2, 0) is 0 Å². The van der Waals surface area contributed by atoms with Crippen LogP contribution in [0.4, 0.5) is 4.79 Å². The molecule has 17 heavy (non-hydrogen) atoms. The molecule has 1 heterocycles. The normalized spacial score (nSPS) is 17.9. The largest absolute Gasteiger partial charge is 0.393 e. The number of carbonyl (C=O) groups is 1. The van der Waals surface area contributed by atoms with Gasteiger partial charge in [-0.3, -0.25) is 0 Å². The van der Waals surface area contributed by atoms with Gasteiger partial charge < -0.3 is 16.0 Å². The number of carbonyl (C=O) groups excluding carboxylic acids is 1. The van der Waals surface area contributed by atoms with Gasteiger partial charge in [0.05, 0.1) is 4.99 Å². The molecule has 0 aromatic heterocycles. The van der Waals surface area contributed by atoms with Crippen LogP contribution in [0.15, 0.2) is 0 Å². The van der Waals surface area contributed by atoms with E-state index in [1.54, 1.807) is 0 Å². The third-order valence-electron chi connectivity index (χ3n) is 3.42. The van der Waals surface area contributed by atoms with Gasteiger partial charge in [-0.15, -0.1) is 0 Å². The van der Waals surface area contributed by atoms with Crippen molar-refractivity contribution in [3.05, 3.63) is 0 Å². The van der Waals surface area contributed by atoms with Gasteiger partial charge in [0, 0.05) is 25.0 Å². The van der Waals surface area contributed by atoms with Crippen LogP contribution >= 0.6 is 12.2 Å². The number of hydrogen-bond donors (Lipinski definition) is 2. The van der Waals surface area contributed by atoms with E-state index in [0.717, 1.165) is 31.8 Å². The van der Waals surface area contributed by atoms with E-state index in [4.69, 9.17) is 18.0 Å². The highest BCUT2D eigenvalue weighted by Crippen LogP contribution is 2.17. The molecule has 98 valence electrons. The quantitative estimate of drug-likeness (QED) is 0.757. The third-order valence-corrected chi connectivity index (χ3v) is 3.97. The highest BCUT2D eigenvalue weighted by atomic mass is 32.1. The van der Waals surface area contributed by atoms with E-state index in [1.807, 2.05) is 18.7 Å². The summed E-state index contributed by atoms with van der Waals surface area (Å²) >= 11 is 4.97. The van der Waals surface area contributed by atoms with Gasteiger partial charge in [-0.25, -0.2) is 4.79 Å². The number of urea groups is 1. The smallest absolute Gasteiger partial charge is 0.317 e. The van der Waals surface area contributed by atoms with Crippen LogP contribution in [0.2, 0.25) is 0 Å². The topological polar surface area (TPSA) is 58.4 Å². The fourth-order valence-corrected chi connectivity index (χ4v) is 1.78. The summed E-state index contributed by atoms with van der Waals surface area (Å²) in [6.07, 6.45) is 2.18. The molecule has 3 N–H and O–H groups in total. The number of nitrogens with zero attached hydrogens (tertiary/aromatic N) is 1. The predicted molar refractivity (Wildman–Crippen MR) is 73.9 cm³/mol. The van der Waals surface area contributed by atoms with Gasteiger partial charge in [-0.1, -0.05) is 33.0 Å². The molecule has 1 aliphatic rings. The minimum atomic E-state index is -0.325. The minimum absolute atomic E-state index is 0.00113. The van der Waals surface area contributed by atoms with E-state index in [2.05, 4.69) is 12.2 Å². The lowest BCUT2D eigenvalue weighted by atomic mass is 9.94. The maximum atomic E-state index is 11.9. The van der Waals surface area contributed by atoms with Gasteiger partial charge in [0.25, 0.3) is 0 Å². The highest BCUT2D eigenvalue weighted by molar-refractivity contribution is 7.80. The Kier molecular flexibility index (Phi) is 4.74. The first kappa shape index (κ1) is 14.2. The Hall–Kier alpha value is -0.840. The summed E-state index contributed by atoms with van der Waals surface area (Å²) in [5.41, 5.74) is 5.29. The molecule has 0 aliphatic carbocycles. The van der Waals surface area contributed by atoms with Crippen LogP contribution in [0.5, 0.6) is 0 Å². The van der Waals surface area contributed by atoms with Crippen LogP contribution in [0.1, 0.15) is 33.6 Å². The lowest BCUT2D eigenvalue weighted by Crippen LogP contribution is -2.48. The summed E-state index contributed by atoms with van der Waals surface area (Å²) in [5, 5.41) is 2.91. The highest BCUT2D eigenvalue weighted by Gasteiger charge is 2.25. The summed E-state index contributed by atoms with van der Waals surface area (Å²) in [6, 6.07) is 0.00113. The van der Waals surface area contributed by atoms with Crippen molar-refractivity contribution in [2.45, 2.75) is 33.6 Å². The Morgan fingerprint density at radius 2 is 2.00 bits per heavy atom. The zero-order valence-corrected chi connectivity index (χ0v) is 11.8. The average molecular weight is 257 g/mol. The monoisotopic (exact) mass is 257 g/mol. The lowest BCUT2D eigenvalue weighted by molar-refractivity contribution is 0.172. The summed E-state index contributed by atoms with van der Waals surface area (Å²) in [4.78, 5) is 14.2. The van der Waals surface area contributed by atoms with Crippen molar-refractivity contribution < 1.29 is 4.79 Å². The second-order valence-corrected chi connectivity index (χ2v) is 6.02. The molecule has 0 bridgehead atoms. The average Bonchev–Trinajstić information content (AvgIpc) is 2.27. The molecule has 1 saturated heterocycles. The number of piperidine rings is 1. The van der Waals surface area contributed by atoms with E-state index in [0.29, 0.717) is 11.5 Å². The van der Waals surface area contributed by atoms with Gasteiger partial charge in [0.15, 0.2) is 0 Å². The van der Waals surface area contributed by atoms with Crippen LogP contribution in [0.25, 0.3) is 0 Å². The summed E-state index contributed by atoms with van der Waals surface area (Å²) in [5.74, 6) is 0.729. The van der Waals surface area contributed by atoms with Gasteiger partial charge in [0.2, 0.25) is 0 Å². The van der Waals surface area contributed by atoms with Crippen molar-refractivity contribution in [2.75, 3.05) is 19.6 Å². The second-order valence-electron chi connectivity index (χ2n) is 5.58. The van der Waals surface area contributed by atoms with E-state index in [9.17, 15) is 4.79 Å². The molecule has 0 aromatic rings. The van der Waals surface area contributed by atoms with Gasteiger partial charge in [-0.05, 0) is 18.8 Å². The maximum absolute atomic E-state index is 11.9. The zero-order chi connectivity index (χ0) is 13.1. The van der Waals surface area contributed by atoms with E-state index in [1.165, 1.54) is 0 Å². The van der Waals surface area contributed by atoms with Gasteiger partial charge in [-0.2, -0.15) is 0 Å². The SMILES string of the molecule is CC1CCN(C(=O)NCC(C)(C)C(N)=S)CC1. The number of nitrogens with two attached hydrogens (primary N) is 1. The molecule has 4 nitrogen and oxygen atoms in total. The molecule has 0 spiro atoms. The van der Waals surface area contributed by atoms with Crippen LogP contribution in [0, 0.1) is 11.3 Å². The first-order chi connectivity index (χ1) is 7.83. The van der Waals surface area contributed by atoms with Crippen molar-refractivity contribution in [3.63, 3.8) is 0 Å². The third kappa shape index (κ3) is 4.15. The molecular formula is C12H23N3OS. The van der Waals surface area contributed by atoms with Crippen LogP contribution < -0.4 is 11.1 Å². The van der Waals surface area contributed by atoms with Gasteiger partial charge >= 0.3 is 6.03 Å². The van der Waals surface area contributed by atoms with Crippen molar-refractivity contribution in [3.8, 4) is 0 Å². The molecule has 1 aliphatic heterocycles. The molecule has 0 saturated carbocycles. The fourth-order valence-electron chi connectivity index (χ4n) is 1.71. The molecular weight excluding hydrogens is 234 g/mol. The van der Waals surface area contributed by atoms with E-state index >= 15 is 0 Å². The van der Waals surface area contributed by atoms with E-state index in [-0.39, 0.29) is 11.4 Å². The second kappa shape index (κ2) is 5.67. The van der Waals surface area contributed by atoms with Crippen molar-refractivity contribution in [1.82, 2.24) is 10.2 Å². The lowest BCUT2D eigenvalue weighted by Gasteiger charge is -2.32. The fraction of sp³-hybridized carbons (Fsp3) is 0.833. The predicted octanol–water partition coefficient (Wildman–Crippen LogP) is 1.74. The summed E-state index contributed by atoms with van der Waals surface area (Å²) < 4.78 is 0. The molecule has 0 atom stereocenters. The Bertz CT molecular complexity index is 296. The first-order valence-corrected chi connectivity index (χ1v) is 6.56. The van der Waals surface area contributed by atoms with Crippen LogP contribution in [-0.4, -0.2) is 35.6 Å². The molecule has 0 aromatic carbocycles. The number of rotatable bonds is 3. The Morgan fingerprint density at radius 1 is 1.47 bits per heavy atom. The van der Waals surface area contributed by atoms with Crippen molar-refractivity contribution in [1.29, 1.82) is 0 Å². The number of amides is 2. The molecule has 2 amide bonds. The van der Waals surface area contributed by atoms with Crippen molar-refractivity contribution in [2.24, 2.45) is 17.1 Å². The number of nitrogens with one attached hydrogen (secondary N) is 1. The number of hydrogen-bond acceptors (Lipinski definition) is 2. The van der Waals surface area contributed by atoms with Crippen molar-refractivity contribution >= 4 is 23.2 Å². The molecule has 1 fully saturated rings.